The van der Waals surface area contributed by atoms with E-state index in [0.717, 1.165) is 23.5 Å². The van der Waals surface area contributed by atoms with Gasteiger partial charge in [0, 0.05) is 6.54 Å². The maximum Gasteiger partial charge on any atom is 0.188 e. The first kappa shape index (κ1) is 21.5. The molecule has 0 bridgehead atoms. The van der Waals surface area contributed by atoms with Crippen molar-refractivity contribution in [3.8, 4) is 11.5 Å². The molecule has 0 aromatic heterocycles. The first-order valence-corrected chi connectivity index (χ1v) is 9.16. The van der Waals surface area contributed by atoms with E-state index in [-0.39, 0.29) is 13.2 Å². The van der Waals surface area contributed by atoms with Crippen LogP contribution in [0, 0.1) is 0 Å². The van der Waals surface area contributed by atoms with Gasteiger partial charge in [-0.05, 0) is 41.8 Å². The van der Waals surface area contributed by atoms with Crippen LogP contribution in [0.4, 0.5) is 0 Å². The number of methoxy groups -OCH3 is 2. The van der Waals surface area contributed by atoms with Gasteiger partial charge < -0.3 is 30.4 Å². The van der Waals surface area contributed by atoms with E-state index < -0.39 is 6.10 Å². The molecule has 152 valence electrons. The number of nitrogens with zero attached hydrogens (tertiary/aromatic N) is 1. The van der Waals surface area contributed by atoms with Gasteiger partial charge in [-0.3, -0.25) is 4.99 Å². The number of aliphatic imine (C=N–C) groups is 1. The summed E-state index contributed by atoms with van der Waals surface area (Å²) in [7, 11) is 3.27. The van der Waals surface area contributed by atoms with Gasteiger partial charge in [-0.1, -0.05) is 24.3 Å². The Balaban J connectivity index is 1.61. The summed E-state index contributed by atoms with van der Waals surface area (Å²) in [5.74, 6) is 1.94. The highest BCUT2D eigenvalue weighted by Gasteiger charge is 2.04. The predicted octanol–water partition coefficient (Wildman–Crippen LogP) is 1.73. The molecule has 7 heteroatoms. The van der Waals surface area contributed by atoms with Crippen LogP contribution in [0.5, 0.6) is 11.5 Å². The van der Waals surface area contributed by atoms with Gasteiger partial charge in [0.2, 0.25) is 0 Å². The number of ether oxygens (including phenoxy) is 3. The number of benzene rings is 2. The Labute approximate surface area is 166 Å². The van der Waals surface area contributed by atoms with Crippen LogP contribution >= 0.6 is 0 Å². The second-order valence-electron chi connectivity index (χ2n) is 6.27. The number of rotatable bonds is 11. The van der Waals surface area contributed by atoms with Crippen LogP contribution in [-0.2, 0) is 17.8 Å². The SMILES string of the molecule is COc1ccc(CCNC(N)=NCC(O)COCc2ccc(OC)cc2)cc1. The molecule has 0 aliphatic carbocycles. The highest BCUT2D eigenvalue weighted by Crippen LogP contribution is 2.12. The van der Waals surface area contributed by atoms with Crippen LogP contribution in [0.1, 0.15) is 11.1 Å². The fourth-order valence-corrected chi connectivity index (χ4v) is 2.47. The van der Waals surface area contributed by atoms with E-state index in [4.69, 9.17) is 19.9 Å². The molecule has 0 saturated carbocycles. The third-order valence-corrected chi connectivity index (χ3v) is 4.09. The zero-order valence-electron chi connectivity index (χ0n) is 16.4. The molecule has 0 saturated heterocycles. The molecule has 0 aliphatic rings. The Kier molecular flexibility index (Phi) is 9.10. The smallest absolute Gasteiger partial charge is 0.188 e. The standard InChI is InChI=1S/C21H29N3O4/c1-26-19-7-3-16(4-8-19)11-12-23-21(22)24-13-18(25)15-28-14-17-5-9-20(27-2)10-6-17/h3-10,18,25H,11-15H2,1-2H3,(H3,22,23,24). The molecule has 4 N–H and O–H groups in total. The number of hydrogen-bond acceptors (Lipinski definition) is 5. The summed E-state index contributed by atoms with van der Waals surface area (Å²) in [5, 5.41) is 13.0. The Morgan fingerprint density at radius 2 is 1.57 bits per heavy atom. The van der Waals surface area contributed by atoms with Crippen molar-refractivity contribution in [1.82, 2.24) is 5.32 Å². The highest BCUT2D eigenvalue weighted by atomic mass is 16.5. The molecular weight excluding hydrogens is 358 g/mol. The zero-order valence-corrected chi connectivity index (χ0v) is 16.4. The number of aliphatic hydroxyl groups is 1. The number of hydrogen-bond donors (Lipinski definition) is 3. The lowest BCUT2D eigenvalue weighted by Gasteiger charge is -2.11. The molecule has 0 radical (unpaired) electrons. The molecule has 28 heavy (non-hydrogen) atoms. The number of nitrogens with one attached hydrogen (secondary N) is 1. The second kappa shape index (κ2) is 11.8. The molecule has 0 aliphatic heterocycles. The van der Waals surface area contributed by atoms with Crippen molar-refractivity contribution in [3.63, 3.8) is 0 Å². The van der Waals surface area contributed by atoms with Gasteiger partial charge in [0.25, 0.3) is 0 Å². The average Bonchev–Trinajstić information content (AvgIpc) is 2.73. The average molecular weight is 387 g/mol. The molecule has 2 aromatic rings. The molecule has 0 heterocycles. The van der Waals surface area contributed by atoms with Gasteiger partial charge in [-0.2, -0.15) is 0 Å². The summed E-state index contributed by atoms with van der Waals surface area (Å²) in [6, 6.07) is 15.5. The lowest BCUT2D eigenvalue weighted by molar-refractivity contribution is 0.0331. The van der Waals surface area contributed by atoms with Crippen LogP contribution < -0.4 is 20.5 Å². The highest BCUT2D eigenvalue weighted by molar-refractivity contribution is 5.77. The molecule has 2 aromatic carbocycles. The molecule has 0 spiro atoms. The molecule has 0 amide bonds. The van der Waals surface area contributed by atoms with E-state index in [1.54, 1.807) is 14.2 Å². The monoisotopic (exact) mass is 387 g/mol. The lowest BCUT2D eigenvalue weighted by atomic mass is 10.1. The number of aliphatic hydroxyl groups excluding tert-OH is 1. The van der Waals surface area contributed by atoms with Crippen LogP contribution in [0.25, 0.3) is 0 Å². The maximum atomic E-state index is 9.96. The second-order valence-corrected chi connectivity index (χ2v) is 6.27. The lowest BCUT2D eigenvalue weighted by Crippen LogP contribution is -2.34. The predicted molar refractivity (Wildman–Crippen MR) is 110 cm³/mol. The van der Waals surface area contributed by atoms with E-state index in [1.807, 2.05) is 48.5 Å². The van der Waals surface area contributed by atoms with Gasteiger partial charge >= 0.3 is 0 Å². The van der Waals surface area contributed by atoms with Crippen molar-refractivity contribution >= 4 is 5.96 Å². The summed E-state index contributed by atoms with van der Waals surface area (Å²) in [6.07, 6.45) is 0.105. The normalized spacial score (nSPS) is 12.5. The molecule has 1 atom stereocenters. The Hall–Kier alpha value is -2.77. The first-order chi connectivity index (χ1) is 13.6. The van der Waals surface area contributed by atoms with E-state index >= 15 is 0 Å². The van der Waals surface area contributed by atoms with Gasteiger partial charge in [0.05, 0.1) is 40.1 Å². The minimum absolute atomic E-state index is 0.185. The van der Waals surface area contributed by atoms with Crippen molar-refractivity contribution in [2.45, 2.75) is 19.1 Å². The van der Waals surface area contributed by atoms with Crippen LogP contribution in [-0.4, -0.2) is 51.1 Å². The topological polar surface area (TPSA) is 98.3 Å². The van der Waals surface area contributed by atoms with Gasteiger partial charge in [-0.25, -0.2) is 0 Å². The van der Waals surface area contributed by atoms with E-state index in [0.29, 0.717) is 19.1 Å². The summed E-state index contributed by atoms with van der Waals surface area (Å²) in [4.78, 5) is 4.15. The number of guanidine groups is 1. The zero-order chi connectivity index (χ0) is 20.2. The number of nitrogens with two attached hydrogens (primary N) is 1. The molecule has 2 rings (SSSR count). The Bertz CT molecular complexity index is 717. The van der Waals surface area contributed by atoms with Gasteiger partial charge in [-0.15, -0.1) is 0 Å². The molecular formula is C21H29N3O4. The fourth-order valence-electron chi connectivity index (χ4n) is 2.47. The van der Waals surface area contributed by atoms with Gasteiger partial charge in [0.15, 0.2) is 5.96 Å². The van der Waals surface area contributed by atoms with E-state index in [9.17, 15) is 5.11 Å². The largest absolute Gasteiger partial charge is 0.497 e. The first-order valence-electron chi connectivity index (χ1n) is 9.16. The van der Waals surface area contributed by atoms with Crippen LogP contribution in [0.3, 0.4) is 0 Å². The van der Waals surface area contributed by atoms with Gasteiger partial charge in [0.1, 0.15) is 11.5 Å². The van der Waals surface area contributed by atoms with Crippen molar-refractivity contribution < 1.29 is 19.3 Å². The summed E-state index contributed by atoms with van der Waals surface area (Å²) in [5.41, 5.74) is 8.02. The van der Waals surface area contributed by atoms with Crippen molar-refractivity contribution in [3.05, 3.63) is 59.7 Å². The molecule has 1 unspecified atom stereocenters. The molecule has 7 nitrogen and oxygen atoms in total. The van der Waals surface area contributed by atoms with Crippen molar-refractivity contribution in [2.24, 2.45) is 10.7 Å². The minimum Gasteiger partial charge on any atom is -0.497 e. The van der Waals surface area contributed by atoms with Crippen LogP contribution in [0.2, 0.25) is 0 Å². The Morgan fingerprint density at radius 3 is 2.14 bits per heavy atom. The molecule has 0 fully saturated rings. The summed E-state index contributed by atoms with van der Waals surface area (Å²) in [6.45, 7) is 1.45. The van der Waals surface area contributed by atoms with E-state index in [2.05, 4.69) is 10.3 Å². The Morgan fingerprint density at radius 1 is 1.00 bits per heavy atom. The third-order valence-electron chi connectivity index (χ3n) is 4.09. The van der Waals surface area contributed by atoms with Crippen molar-refractivity contribution in [1.29, 1.82) is 0 Å². The van der Waals surface area contributed by atoms with Crippen LogP contribution in [0.15, 0.2) is 53.5 Å². The van der Waals surface area contributed by atoms with Crippen molar-refractivity contribution in [2.75, 3.05) is 33.9 Å². The third kappa shape index (κ3) is 7.85. The fraction of sp³-hybridized carbons (Fsp3) is 0.381. The minimum atomic E-state index is -0.708. The summed E-state index contributed by atoms with van der Waals surface area (Å²) < 4.78 is 15.8. The quantitative estimate of drug-likeness (QED) is 0.401. The maximum absolute atomic E-state index is 9.96. The summed E-state index contributed by atoms with van der Waals surface area (Å²) >= 11 is 0. The van der Waals surface area contributed by atoms with E-state index in [1.165, 1.54) is 5.56 Å².